The molecule has 3 rings (SSSR count). The van der Waals surface area contributed by atoms with E-state index < -0.39 is 11.7 Å². The van der Waals surface area contributed by atoms with Gasteiger partial charge in [-0.1, -0.05) is 40.0 Å². The van der Waals surface area contributed by atoms with E-state index in [0.29, 0.717) is 36.1 Å². The van der Waals surface area contributed by atoms with E-state index in [-0.39, 0.29) is 17.9 Å². The number of amides is 1. The maximum Gasteiger partial charge on any atom is 0.417 e. The van der Waals surface area contributed by atoms with Gasteiger partial charge in [0, 0.05) is 36.8 Å². The molecule has 0 aromatic carbocycles. The van der Waals surface area contributed by atoms with Crippen LogP contribution in [0.2, 0.25) is 0 Å². The number of nitrogens with zero attached hydrogens (tertiary/aromatic N) is 2. The summed E-state index contributed by atoms with van der Waals surface area (Å²) in [5.74, 6) is 1.23. The lowest BCUT2D eigenvalue weighted by molar-refractivity contribution is -0.145. The third kappa shape index (κ3) is 4.95. The van der Waals surface area contributed by atoms with Gasteiger partial charge in [0.05, 0.1) is 5.56 Å². The fourth-order valence-corrected chi connectivity index (χ4v) is 5.26. The summed E-state index contributed by atoms with van der Waals surface area (Å²) in [4.78, 5) is 19.6. The van der Waals surface area contributed by atoms with Crippen LogP contribution in [0.5, 0.6) is 0 Å². The molecule has 0 N–H and O–H groups in total. The lowest BCUT2D eigenvalue weighted by Gasteiger charge is -2.40. The first kappa shape index (κ1) is 22.1. The number of pyridine rings is 1. The minimum Gasteiger partial charge on any atom is -0.337 e. The molecule has 2 aliphatic rings. The number of halogens is 3. The van der Waals surface area contributed by atoms with Crippen molar-refractivity contribution in [2.45, 2.75) is 84.9 Å². The summed E-state index contributed by atoms with van der Waals surface area (Å²) in [7, 11) is 0. The second-order valence-electron chi connectivity index (χ2n) is 9.39. The zero-order valence-corrected chi connectivity index (χ0v) is 17.8. The largest absolute Gasteiger partial charge is 0.417 e. The summed E-state index contributed by atoms with van der Waals surface area (Å²) in [6, 6.07) is 1.18. The van der Waals surface area contributed by atoms with Crippen molar-refractivity contribution in [2.24, 2.45) is 17.3 Å². The van der Waals surface area contributed by atoms with Crippen molar-refractivity contribution in [1.29, 1.82) is 0 Å². The van der Waals surface area contributed by atoms with Crippen molar-refractivity contribution in [3.05, 3.63) is 29.1 Å². The Bertz CT molecular complexity index is 731. The Kier molecular flexibility index (Phi) is 6.59. The topological polar surface area (TPSA) is 33.2 Å². The van der Waals surface area contributed by atoms with Gasteiger partial charge in [0.15, 0.2) is 0 Å². The van der Waals surface area contributed by atoms with Crippen LogP contribution in [-0.2, 0) is 23.9 Å². The van der Waals surface area contributed by atoms with Gasteiger partial charge < -0.3 is 4.90 Å². The van der Waals surface area contributed by atoms with Gasteiger partial charge >= 0.3 is 6.18 Å². The van der Waals surface area contributed by atoms with Crippen molar-refractivity contribution in [2.75, 3.05) is 6.54 Å². The summed E-state index contributed by atoms with van der Waals surface area (Å²) >= 11 is 0. The summed E-state index contributed by atoms with van der Waals surface area (Å²) in [5.41, 5.74) is 0.124. The van der Waals surface area contributed by atoms with Crippen LogP contribution in [-0.4, -0.2) is 22.3 Å². The van der Waals surface area contributed by atoms with Crippen molar-refractivity contribution >= 4 is 5.91 Å². The van der Waals surface area contributed by atoms with E-state index in [4.69, 9.17) is 0 Å². The minimum atomic E-state index is -4.41. The molecule has 2 heterocycles. The first-order valence-corrected chi connectivity index (χ1v) is 11.0. The third-order valence-electron chi connectivity index (χ3n) is 6.78. The summed E-state index contributed by atoms with van der Waals surface area (Å²) < 4.78 is 39.3. The van der Waals surface area contributed by atoms with Gasteiger partial charge in [-0.2, -0.15) is 13.2 Å². The van der Waals surface area contributed by atoms with E-state index in [1.807, 2.05) is 0 Å². The highest BCUT2D eigenvalue weighted by Crippen LogP contribution is 2.44. The van der Waals surface area contributed by atoms with Gasteiger partial charge in [0.1, 0.15) is 0 Å². The van der Waals surface area contributed by atoms with Crippen LogP contribution in [0.25, 0.3) is 0 Å². The predicted octanol–water partition coefficient (Wildman–Crippen LogP) is 6.01. The third-order valence-corrected chi connectivity index (χ3v) is 6.78. The van der Waals surface area contributed by atoms with Gasteiger partial charge in [-0.05, 0) is 49.1 Å². The molecule has 6 heteroatoms. The minimum absolute atomic E-state index is 0.144. The quantitative estimate of drug-likeness (QED) is 0.570. The van der Waals surface area contributed by atoms with E-state index in [2.05, 4.69) is 25.8 Å². The van der Waals surface area contributed by atoms with Gasteiger partial charge in [-0.25, -0.2) is 0 Å². The molecule has 0 spiro atoms. The number of carbonyl (C=O) groups is 1. The van der Waals surface area contributed by atoms with E-state index in [1.165, 1.54) is 12.5 Å². The highest BCUT2D eigenvalue weighted by Gasteiger charge is 2.43. The fraction of sp³-hybridized carbons (Fsp3) is 0.739. The zero-order valence-electron chi connectivity index (χ0n) is 17.8. The smallest absolute Gasteiger partial charge is 0.337 e. The molecule has 0 bridgehead atoms. The molecular formula is C23H33F3N2O. The second-order valence-corrected chi connectivity index (χ2v) is 9.39. The van der Waals surface area contributed by atoms with Crippen LogP contribution in [0.15, 0.2) is 12.3 Å². The molecule has 0 saturated heterocycles. The molecule has 2 atom stereocenters. The normalized spacial score (nSPS) is 25.6. The van der Waals surface area contributed by atoms with Gasteiger partial charge in [0.2, 0.25) is 5.91 Å². The molecule has 1 amide bonds. The molecule has 162 valence electrons. The van der Waals surface area contributed by atoms with Gasteiger partial charge in [-0.15, -0.1) is 0 Å². The molecule has 2 unspecified atom stereocenters. The molecule has 1 fully saturated rings. The first-order valence-electron chi connectivity index (χ1n) is 11.0. The first-order chi connectivity index (χ1) is 13.6. The fourth-order valence-electron chi connectivity index (χ4n) is 5.26. The molecule has 1 aromatic rings. The molecule has 29 heavy (non-hydrogen) atoms. The Morgan fingerprint density at radius 3 is 2.72 bits per heavy atom. The van der Waals surface area contributed by atoms with Crippen LogP contribution in [0.1, 0.15) is 82.5 Å². The van der Waals surface area contributed by atoms with Crippen LogP contribution < -0.4 is 0 Å². The number of carbonyl (C=O) groups excluding carboxylic acids is 1. The van der Waals surface area contributed by atoms with Crippen molar-refractivity contribution < 1.29 is 18.0 Å². The Morgan fingerprint density at radius 1 is 1.31 bits per heavy atom. The van der Waals surface area contributed by atoms with Gasteiger partial charge in [-0.3, -0.25) is 9.78 Å². The van der Waals surface area contributed by atoms with Crippen molar-refractivity contribution in [3.8, 4) is 0 Å². The van der Waals surface area contributed by atoms with Crippen molar-refractivity contribution in [1.82, 2.24) is 9.88 Å². The Labute approximate surface area is 172 Å². The van der Waals surface area contributed by atoms with Crippen LogP contribution >= 0.6 is 0 Å². The Hall–Kier alpha value is -1.59. The molecule has 1 aromatic heterocycles. The monoisotopic (exact) mass is 410 g/mol. The van der Waals surface area contributed by atoms with E-state index >= 15 is 0 Å². The molecule has 1 aliphatic heterocycles. The SMILES string of the molecule is CCC1CCCC(CC(C)C)(C(=O)N2CCc3ncc(C(F)(F)F)cc3C2)CC1. The second kappa shape index (κ2) is 8.65. The van der Waals surface area contributed by atoms with Crippen molar-refractivity contribution in [3.63, 3.8) is 0 Å². The number of hydrogen-bond acceptors (Lipinski definition) is 2. The maximum absolute atomic E-state index is 13.7. The summed E-state index contributed by atoms with van der Waals surface area (Å²) in [6.45, 7) is 7.31. The van der Waals surface area contributed by atoms with Crippen LogP contribution in [0.4, 0.5) is 13.2 Å². The lowest BCUT2D eigenvalue weighted by Crippen LogP contribution is -2.46. The number of hydrogen-bond donors (Lipinski definition) is 0. The average Bonchev–Trinajstić information content (AvgIpc) is 2.88. The van der Waals surface area contributed by atoms with E-state index in [1.54, 1.807) is 4.90 Å². The van der Waals surface area contributed by atoms with E-state index in [0.717, 1.165) is 44.7 Å². The predicted molar refractivity (Wildman–Crippen MR) is 107 cm³/mol. The number of aromatic nitrogens is 1. The maximum atomic E-state index is 13.7. The zero-order chi connectivity index (χ0) is 21.2. The molecule has 1 aliphatic carbocycles. The Balaban J connectivity index is 1.84. The average molecular weight is 411 g/mol. The molecular weight excluding hydrogens is 377 g/mol. The highest BCUT2D eigenvalue weighted by molar-refractivity contribution is 5.83. The number of rotatable bonds is 4. The lowest BCUT2D eigenvalue weighted by atomic mass is 9.72. The summed E-state index contributed by atoms with van der Waals surface area (Å²) in [5, 5.41) is 0. The van der Waals surface area contributed by atoms with Gasteiger partial charge in [0.25, 0.3) is 0 Å². The standard InChI is InChI=1S/C23H33F3N2O/c1-4-17-6-5-9-22(10-7-17,13-16(2)3)21(29)28-11-8-20-18(15-28)12-19(14-27-20)23(24,25)26/h12,14,16-17H,4-11,13,15H2,1-3H3. The molecule has 1 saturated carbocycles. The Morgan fingerprint density at radius 2 is 2.07 bits per heavy atom. The van der Waals surface area contributed by atoms with Crippen LogP contribution in [0, 0.1) is 17.3 Å². The molecule has 3 nitrogen and oxygen atoms in total. The van der Waals surface area contributed by atoms with E-state index in [9.17, 15) is 18.0 Å². The number of fused-ring (bicyclic) bond motifs is 1. The van der Waals surface area contributed by atoms with Crippen LogP contribution in [0.3, 0.4) is 0 Å². The highest BCUT2D eigenvalue weighted by atomic mass is 19.4. The number of alkyl halides is 3. The summed E-state index contributed by atoms with van der Waals surface area (Å²) in [6.07, 6.45) is 4.11. The molecule has 0 radical (unpaired) electrons.